The highest BCUT2D eigenvalue weighted by molar-refractivity contribution is 6.29. The molecule has 0 spiro atoms. The average molecular weight is 559 g/mol. The maximum Gasteiger partial charge on any atom is 0.573 e. The number of hydrogen-bond acceptors (Lipinski definition) is 9. The van der Waals surface area contributed by atoms with Crippen molar-refractivity contribution < 1.29 is 27.2 Å². The smallest absolute Gasteiger partial charge is 0.468 e. The third-order valence-electron chi connectivity index (χ3n) is 6.22. The van der Waals surface area contributed by atoms with Crippen molar-refractivity contribution >= 4 is 11.6 Å². The fourth-order valence-corrected chi connectivity index (χ4v) is 4.77. The Balaban J connectivity index is 1.89. The van der Waals surface area contributed by atoms with E-state index >= 15 is 0 Å². The summed E-state index contributed by atoms with van der Waals surface area (Å²) >= 11 is 5.84. The molecule has 200 valence electrons. The van der Waals surface area contributed by atoms with Crippen molar-refractivity contribution in [1.82, 2.24) is 15.2 Å². The van der Waals surface area contributed by atoms with Crippen LogP contribution in [0.5, 0.6) is 5.75 Å². The van der Waals surface area contributed by atoms with E-state index in [4.69, 9.17) is 16.0 Å². The molecule has 0 amide bonds. The van der Waals surface area contributed by atoms with E-state index in [0.29, 0.717) is 5.56 Å². The molecule has 3 aromatic rings. The average Bonchev–Trinajstić information content (AvgIpc) is 3.42. The molecule has 0 radical (unpaired) electrons. The van der Waals surface area contributed by atoms with Gasteiger partial charge in [0.25, 0.3) is 5.70 Å². The van der Waals surface area contributed by atoms with Gasteiger partial charge in [-0.05, 0) is 41.5 Å². The maximum atomic E-state index is 12.7. The molecular formula is C25H18ClF3N6O4. The van der Waals surface area contributed by atoms with Crippen molar-refractivity contribution in [1.29, 1.82) is 10.5 Å². The van der Waals surface area contributed by atoms with Crippen LogP contribution in [0.15, 0.2) is 76.9 Å². The second kappa shape index (κ2) is 10.6. The summed E-state index contributed by atoms with van der Waals surface area (Å²) in [7, 11) is 1.44. The van der Waals surface area contributed by atoms with Crippen LogP contribution in [0.4, 0.5) is 13.2 Å². The van der Waals surface area contributed by atoms with Gasteiger partial charge in [-0.3, -0.25) is 10.1 Å². The maximum absolute atomic E-state index is 12.7. The Bertz CT molecular complexity index is 1450. The first kappa shape index (κ1) is 27.3. The highest BCUT2D eigenvalue weighted by Crippen LogP contribution is 2.56. The monoisotopic (exact) mass is 558 g/mol. The molecule has 3 heterocycles. The van der Waals surface area contributed by atoms with Gasteiger partial charge < -0.3 is 19.4 Å². The van der Waals surface area contributed by atoms with Gasteiger partial charge in [0.1, 0.15) is 22.6 Å². The Morgan fingerprint density at radius 3 is 2.44 bits per heavy atom. The molecule has 1 N–H and O–H groups in total. The molecule has 2 atom stereocenters. The number of alkyl halides is 3. The van der Waals surface area contributed by atoms with Gasteiger partial charge in [0.15, 0.2) is 11.2 Å². The molecule has 0 saturated heterocycles. The molecule has 2 unspecified atom stereocenters. The van der Waals surface area contributed by atoms with Crippen LogP contribution in [0.2, 0.25) is 5.15 Å². The van der Waals surface area contributed by atoms with Crippen molar-refractivity contribution in [3.05, 3.63) is 105 Å². The standard InChI is InChI=1S/C25H18ClF3N6O4/c1-34-22(16-5-7-17(8-6-16)39-25(27,28)29)24(13-30,14-31)20(18-3-2-10-38-18)21(35(36)37)23(34)33-12-15-4-9-19(26)32-11-15/h2-11,20,22,33H,12H2,1H3. The van der Waals surface area contributed by atoms with E-state index < -0.39 is 40.1 Å². The topological polar surface area (TPSA) is 141 Å². The van der Waals surface area contributed by atoms with Crippen LogP contribution in [-0.4, -0.2) is 28.2 Å². The number of nitro groups is 1. The summed E-state index contributed by atoms with van der Waals surface area (Å²) in [5.41, 5.74) is -1.76. The number of allylic oxidation sites excluding steroid dienone is 1. The minimum atomic E-state index is -4.92. The molecule has 1 aliphatic heterocycles. The molecule has 14 heteroatoms. The number of furan rings is 1. The van der Waals surface area contributed by atoms with E-state index in [0.717, 1.165) is 12.1 Å². The largest absolute Gasteiger partial charge is 0.573 e. The SMILES string of the molecule is CN1C(NCc2ccc(Cl)nc2)=C([N+](=O)[O-])C(c2ccco2)C(C#N)(C#N)C1c1ccc(OC(F)(F)F)cc1. The lowest BCUT2D eigenvalue weighted by Gasteiger charge is -2.45. The van der Waals surface area contributed by atoms with Crippen LogP contribution in [0.25, 0.3) is 0 Å². The predicted octanol–water partition coefficient (Wildman–Crippen LogP) is 5.27. The van der Waals surface area contributed by atoms with E-state index in [9.17, 15) is 33.8 Å². The van der Waals surface area contributed by atoms with Crippen LogP contribution < -0.4 is 10.1 Å². The Kier molecular flexibility index (Phi) is 7.38. The molecule has 0 bridgehead atoms. The number of nitriles is 2. The van der Waals surface area contributed by atoms with Gasteiger partial charge in [-0.1, -0.05) is 29.8 Å². The Morgan fingerprint density at radius 2 is 1.92 bits per heavy atom. The number of nitrogens with zero attached hydrogens (tertiary/aromatic N) is 5. The molecule has 4 rings (SSSR count). The van der Waals surface area contributed by atoms with E-state index in [1.54, 1.807) is 12.1 Å². The quantitative estimate of drug-likeness (QED) is 0.233. The van der Waals surface area contributed by atoms with E-state index in [1.807, 2.05) is 12.1 Å². The van der Waals surface area contributed by atoms with E-state index in [2.05, 4.69) is 15.0 Å². The summed E-state index contributed by atoms with van der Waals surface area (Å²) in [4.78, 5) is 17.1. The lowest BCUT2D eigenvalue weighted by molar-refractivity contribution is -0.437. The molecule has 2 aromatic heterocycles. The van der Waals surface area contributed by atoms with Crippen molar-refractivity contribution in [3.63, 3.8) is 0 Å². The minimum absolute atomic E-state index is 0.00705. The number of nitrogens with one attached hydrogen (secondary N) is 1. The van der Waals surface area contributed by atoms with Crippen LogP contribution in [0, 0.1) is 38.2 Å². The summed E-state index contributed by atoms with van der Waals surface area (Å²) in [6.07, 6.45) is -2.19. The number of halogens is 4. The molecule has 1 aliphatic rings. The summed E-state index contributed by atoms with van der Waals surface area (Å²) in [6.45, 7) is 0.0588. The van der Waals surface area contributed by atoms with Gasteiger partial charge in [0.05, 0.1) is 29.4 Å². The zero-order valence-electron chi connectivity index (χ0n) is 20.0. The van der Waals surface area contributed by atoms with Gasteiger partial charge in [0.2, 0.25) is 0 Å². The zero-order chi connectivity index (χ0) is 28.4. The van der Waals surface area contributed by atoms with Gasteiger partial charge >= 0.3 is 6.36 Å². The number of rotatable bonds is 7. The summed E-state index contributed by atoms with van der Waals surface area (Å²) in [6, 6.07) is 13.4. The first-order valence-corrected chi connectivity index (χ1v) is 11.6. The summed E-state index contributed by atoms with van der Waals surface area (Å²) in [5.74, 6) is -2.02. The van der Waals surface area contributed by atoms with Crippen LogP contribution in [0.3, 0.4) is 0 Å². The van der Waals surface area contributed by atoms with Crippen LogP contribution >= 0.6 is 11.6 Å². The van der Waals surface area contributed by atoms with Gasteiger partial charge in [-0.2, -0.15) is 10.5 Å². The Labute approximate surface area is 224 Å². The van der Waals surface area contributed by atoms with Crippen molar-refractivity contribution in [2.75, 3.05) is 7.05 Å². The van der Waals surface area contributed by atoms with Gasteiger partial charge in [-0.15, -0.1) is 13.2 Å². The summed E-state index contributed by atoms with van der Waals surface area (Å²) in [5, 5.41) is 36.5. The highest BCUT2D eigenvalue weighted by atomic mass is 35.5. The number of pyridine rings is 1. The first-order chi connectivity index (χ1) is 18.5. The first-order valence-electron chi connectivity index (χ1n) is 11.2. The number of hydrogen-bond donors (Lipinski definition) is 1. The van der Waals surface area contributed by atoms with Crippen molar-refractivity contribution in [2.24, 2.45) is 5.41 Å². The predicted molar refractivity (Wildman–Crippen MR) is 129 cm³/mol. The lowest BCUT2D eigenvalue weighted by atomic mass is 9.65. The molecular weight excluding hydrogens is 541 g/mol. The Hall–Kier alpha value is -4.75. The van der Waals surface area contributed by atoms with Crippen molar-refractivity contribution in [2.45, 2.75) is 24.9 Å². The lowest BCUT2D eigenvalue weighted by Crippen LogP contribution is -2.50. The molecule has 39 heavy (non-hydrogen) atoms. The van der Waals surface area contributed by atoms with Crippen LogP contribution in [-0.2, 0) is 6.54 Å². The molecule has 1 aromatic carbocycles. The highest BCUT2D eigenvalue weighted by Gasteiger charge is 2.61. The fourth-order valence-electron chi connectivity index (χ4n) is 4.66. The number of aromatic nitrogens is 1. The third-order valence-corrected chi connectivity index (χ3v) is 6.44. The Morgan fingerprint density at radius 1 is 1.23 bits per heavy atom. The van der Waals surface area contributed by atoms with E-state index in [1.165, 1.54) is 48.7 Å². The normalized spacial score (nSPS) is 18.7. The minimum Gasteiger partial charge on any atom is -0.468 e. The van der Waals surface area contributed by atoms with Gasteiger partial charge in [-0.25, -0.2) is 4.98 Å². The summed E-state index contributed by atoms with van der Waals surface area (Å²) < 4.78 is 47.5. The number of ether oxygens (including phenoxy) is 1. The molecule has 10 nitrogen and oxygen atoms in total. The second-order valence-electron chi connectivity index (χ2n) is 8.51. The molecule has 0 fully saturated rings. The van der Waals surface area contributed by atoms with Crippen molar-refractivity contribution in [3.8, 4) is 17.9 Å². The fraction of sp³-hybridized carbons (Fsp3) is 0.240. The second-order valence-corrected chi connectivity index (χ2v) is 8.89. The number of benzene rings is 1. The zero-order valence-corrected chi connectivity index (χ0v) is 20.8. The third kappa shape index (κ3) is 5.30. The van der Waals surface area contributed by atoms with Gasteiger partial charge in [0, 0.05) is 19.8 Å². The molecule has 0 saturated carbocycles. The van der Waals surface area contributed by atoms with Crippen LogP contribution in [0.1, 0.15) is 28.8 Å². The van der Waals surface area contributed by atoms with E-state index in [-0.39, 0.29) is 28.8 Å². The molecule has 0 aliphatic carbocycles.